The topological polar surface area (TPSA) is 185 Å². The second kappa shape index (κ2) is 21.2. The van der Waals surface area contributed by atoms with Gasteiger partial charge in [-0.1, -0.05) is 98.3 Å². The molecule has 2 aliphatic rings. The summed E-state index contributed by atoms with van der Waals surface area (Å²) in [5.74, 6) is -1.19. The quantitative estimate of drug-likeness (QED) is 0.0463. The number of anilines is 3. The van der Waals surface area contributed by atoms with Gasteiger partial charge in [0.15, 0.2) is 6.61 Å². The van der Waals surface area contributed by atoms with Gasteiger partial charge in [-0.2, -0.15) is 0 Å². The van der Waals surface area contributed by atoms with E-state index in [4.69, 9.17) is 16.3 Å². The maximum Gasteiger partial charge on any atom is 0.262 e. The van der Waals surface area contributed by atoms with E-state index in [0.29, 0.717) is 53.8 Å². The lowest BCUT2D eigenvalue weighted by molar-refractivity contribution is -0.125. The van der Waals surface area contributed by atoms with Crippen LogP contribution in [-0.2, 0) is 14.4 Å². The molecule has 0 radical (unpaired) electrons. The van der Waals surface area contributed by atoms with Crippen molar-refractivity contribution >= 4 is 58.5 Å². The molecule has 3 aromatic carbocycles. The smallest absolute Gasteiger partial charge is 0.262 e. The Bertz CT molecular complexity index is 2510. The van der Waals surface area contributed by atoms with Crippen LogP contribution in [0.15, 0.2) is 109 Å². The Morgan fingerprint density at radius 1 is 0.810 bits per heavy atom. The second-order valence-corrected chi connectivity index (χ2v) is 15.8. The van der Waals surface area contributed by atoms with Gasteiger partial charge in [0, 0.05) is 24.2 Å². The van der Waals surface area contributed by atoms with Crippen molar-refractivity contribution in [2.75, 3.05) is 23.8 Å². The zero-order valence-corrected chi connectivity index (χ0v) is 35.7. The molecule has 4 heterocycles. The van der Waals surface area contributed by atoms with Gasteiger partial charge in [0.05, 0.1) is 51.8 Å². The van der Waals surface area contributed by atoms with Crippen LogP contribution in [0.4, 0.5) is 17.3 Å². The average molecular weight is 869 g/mol. The molecule has 324 valence electrons. The van der Waals surface area contributed by atoms with Gasteiger partial charge >= 0.3 is 0 Å². The second-order valence-electron chi connectivity index (χ2n) is 15.4. The molecule has 0 aliphatic carbocycles. The zero-order valence-electron chi connectivity index (χ0n) is 35.0. The fraction of sp³-hybridized carbons (Fsp3) is 0.292. The number of rotatable bonds is 19. The van der Waals surface area contributed by atoms with E-state index in [1.807, 2.05) is 49.4 Å². The number of carbonyl (C=O) groups excluding carboxylic acids is 5. The molecule has 0 spiro atoms. The van der Waals surface area contributed by atoms with Gasteiger partial charge in [0.2, 0.25) is 17.8 Å². The van der Waals surface area contributed by atoms with E-state index >= 15 is 0 Å². The van der Waals surface area contributed by atoms with Crippen molar-refractivity contribution in [3.8, 4) is 28.1 Å². The number of ether oxygens (including phenoxy) is 1. The molecule has 15 heteroatoms. The number of benzene rings is 3. The van der Waals surface area contributed by atoms with Crippen LogP contribution in [0.1, 0.15) is 91.8 Å². The fourth-order valence-corrected chi connectivity index (χ4v) is 7.76. The Kier molecular flexibility index (Phi) is 14.9. The number of hydrogen-bond acceptors (Lipinski definition) is 10. The molecule has 2 aromatic heterocycles. The third-order valence-corrected chi connectivity index (χ3v) is 11.1. The number of fused-ring (bicyclic) bond motifs is 1. The van der Waals surface area contributed by atoms with E-state index < -0.39 is 17.9 Å². The van der Waals surface area contributed by atoms with Gasteiger partial charge in [-0.3, -0.25) is 33.9 Å². The number of aromatic nitrogens is 3. The summed E-state index contributed by atoms with van der Waals surface area (Å²) in [5, 5.41) is 12.1. The summed E-state index contributed by atoms with van der Waals surface area (Å²) in [5.41, 5.74) is 5.90. The number of nitrogens with zero attached hydrogens (tertiary/aromatic N) is 4. The lowest BCUT2D eigenvalue weighted by Gasteiger charge is -2.29. The predicted molar refractivity (Wildman–Crippen MR) is 241 cm³/mol. The van der Waals surface area contributed by atoms with Gasteiger partial charge in [0.1, 0.15) is 11.8 Å². The molecule has 1 fully saturated rings. The van der Waals surface area contributed by atoms with Gasteiger partial charge in [0.25, 0.3) is 17.7 Å². The predicted octanol–water partition coefficient (Wildman–Crippen LogP) is 8.64. The molecule has 0 saturated carbocycles. The number of hydrogen-bond donors (Lipinski definition) is 4. The van der Waals surface area contributed by atoms with Crippen LogP contribution < -0.4 is 26.0 Å². The SMILES string of the molecule is C/C=C1\CCC(N2C(=O)c3ccc(OCC(=O)NCCCCCCCCCC(=O)Nc4cncc(Nc5ncc(Cl)c(-c6cccc(-c7ccccc7)c6)n5)c4)cc3C2=O)C(=O)N1. The van der Waals surface area contributed by atoms with E-state index in [1.54, 1.807) is 36.8 Å². The van der Waals surface area contributed by atoms with Crippen molar-refractivity contribution in [2.45, 2.75) is 77.2 Å². The highest BCUT2D eigenvalue weighted by atomic mass is 35.5. The highest BCUT2D eigenvalue weighted by Crippen LogP contribution is 2.32. The number of imide groups is 1. The first-order chi connectivity index (χ1) is 30.7. The van der Waals surface area contributed by atoms with Crippen LogP contribution in [-0.4, -0.2) is 68.6 Å². The van der Waals surface area contributed by atoms with Gasteiger partial charge in [-0.25, -0.2) is 9.97 Å². The van der Waals surface area contributed by atoms with Gasteiger partial charge in [-0.05, 0) is 74.1 Å². The summed E-state index contributed by atoms with van der Waals surface area (Å²) in [6, 6.07) is 23.5. The highest BCUT2D eigenvalue weighted by Gasteiger charge is 2.44. The molecule has 63 heavy (non-hydrogen) atoms. The Morgan fingerprint density at radius 3 is 2.33 bits per heavy atom. The Morgan fingerprint density at radius 2 is 1.54 bits per heavy atom. The Hall–Kier alpha value is -6.93. The normalized spacial score (nSPS) is 15.2. The largest absolute Gasteiger partial charge is 0.484 e. The van der Waals surface area contributed by atoms with Crippen LogP contribution in [0.25, 0.3) is 22.4 Å². The summed E-state index contributed by atoms with van der Waals surface area (Å²) in [7, 11) is 0. The van der Waals surface area contributed by atoms with E-state index in [-0.39, 0.29) is 41.2 Å². The van der Waals surface area contributed by atoms with E-state index in [0.717, 1.165) is 72.2 Å². The number of unbranched alkanes of at least 4 members (excludes halogenated alkanes) is 6. The molecule has 5 amide bonds. The third-order valence-electron chi connectivity index (χ3n) is 10.9. The summed E-state index contributed by atoms with van der Waals surface area (Å²) >= 11 is 6.53. The summed E-state index contributed by atoms with van der Waals surface area (Å²) in [6.45, 7) is 2.09. The van der Waals surface area contributed by atoms with Crippen molar-refractivity contribution in [1.29, 1.82) is 0 Å². The monoisotopic (exact) mass is 868 g/mol. The van der Waals surface area contributed by atoms with Gasteiger partial charge < -0.3 is 26.0 Å². The molecule has 2 aliphatic heterocycles. The number of piperidine rings is 1. The van der Waals surface area contributed by atoms with Crippen molar-refractivity contribution in [3.63, 3.8) is 0 Å². The summed E-state index contributed by atoms with van der Waals surface area (Å²) in [6.07, 6.45) is 14.4. The van der Waals surface area contributed by atoms with E-state index in [1.165, 1.54) is 12.1 Å². The third kappa shape index (κ3) is 11.5. The first-order valence-corrected chi connectivity index (χ1v) is 21.6. The standard InChI is InChI=1S/C48H49ClN8O6/c1-2-34-19-22-41(45(60)54-34)57-46(61)38-21-20-37(26-39(38)47(57)62)63-30-43(59)51-23-12-7-5-3-4-6-11-18-42(58)53-35-25-36(28-50-27-35)55-48-52-29-40(49)44(56-48)33-17-13-16-32(24-33)31-14-9-8-10-15-31/h2,8-10,13-17,20-21,24-29,41H,3-7,11-12,18-19,22-23,30H2,1H3,(H,51,59)(H,53,58)(H,54,60)(H,52,55,56)/b34-2+. The highest BCUT2D eigenvalue weighted by molar-refractivity contribution is 6.33. The molecule has 4 N–H and O–H groups in total. The summed E-state index contributed by atoms with van der Waals surface area (Å²) in [4.78, 5) is 78.3. The molecule has 1 saturated heterocycles. The van der Waals surface area contributed by atoms with Crippen LogP contribution in [0, 0.1) is 0 Å². The Balaban J connectivity index is 0.748. The minimum Gasteiger partial charge on any atom is -0.484 e. The minimum absolute atomic E-state index is 0.0861. The van der Waals surface area contributed by atoms with E-state index in [2.05, 4.69) is 48.4 Å². The molecule has 1 unspecified atom stereocenters. The molecular weight excluding hydrogens is 820 g/mol. The fourth-order valence-electron chi connectivity index (χ4n) is 7.56. The number of amides is 5. The van der Waals surface area contributed by atoms with Gasteiger partial charge in [-0.15, -0.1) is 0 Å². The van der Waals surface area contributed by atoms with Crippen LogP contribution in [0.5, 0.6) is 5.75 Å². The first kappa shape index (κ1) is 44.1. The molecule has 0 bridgehead atoms. The number of allylic oxidation sites excluding steroid dienone is 2. The van der Waals surface area contributed by atoms with Crippen molar-refractivity contribution in [1.82, 2.24) is 30.5 Å². The van der Waals surface area contributed by atoms with Crippen LogP contribution in [0.3, 0.4) is 0 Å². The molecular formula is C48H49ClN8O6. The molecule has 5 aromatic rings. The van der Waals surface area contributed by atoms with Crippen LogP contribution >= 0.6 is 11.6 Å². The molecule has 14 nitrogen and oxygen atoms in total. The molecule has 1 atom stereocenters. The zero-order chi connectivity index (χ0) is 44.1. The first-order valence-electron chi connectivity index (χ1n) is 21.2. The summed E-state index contributed by atoms with van der Waals surface area (Å²) < 4.78 is 5.63. The lowest BCUT2D eigenvalue weighted by atomic mass is 10.0. The number of halogens is 1. The maximum absolute atomic E-state index is 13.2. The number of pyridine rings is 1. The van der Waals surface area contributed by atoms with Crippen molar-refractivity contribution in [2.24, 2.45) is 0 Å². The van der Waals surface area contributed by atoms with Crippen molar-refractivity contribution in [3.05, 3.63) is 125 Å². The Labute approximate surface area is 370 Å². The number of nitrogens with one attached hydrogen (secondary N) is 4. The van der Waals surface area contributed by atoms with Crippen molar-refractivity contribution < 1.29 is 28.7 Å². The number of carbonyl (C=O) groups is 5. The average Bonchev–Trinajstić information content (AvgIpc) is 3.54. The van der Waals surface area contributed by atoms with Crippen LogP contribution in [0.2, 0.25) is 5.02 Å². The lowest BCUT2D eigenvalue weighted by Crippen LogP contribution is -2.51. The maximum atomic E-state index is 13.2. The molecule has 7 rings (SSSR count). The van der Waals surface area contributed by atoms with E-state index in [9.17, 15) is 24.0 Å². The minimum atomic E-state index is -0.876.